The molecule has 20 heavy (non-hydrogen) atoms. The smallest absolute Gasteiger partial charge is 0.335 e. The molecule has 2 atom stereocenters. The van der Waals surface area contributed by atoms with Crippen molar-refractivity contribution < 1.29 is 9.45 Å². The third-order valence-electron chi connectivity index (χ3n) is 2.71. The van der Waals surface area contributed by atoms with Gasteiger partial charge in [-0.1, -0.05) is 60.8 Å². The summed E-state index contributed by atoms with van der Waals surface area (Å²) in [5.74, 6) is 0.175. The highest BCUT2D eigenvalue weighted by Crippen LogP contribution is 2.46. The molecule has 0 unspecified atom stereocenters. The largest absolute Gasteiger partial charge is 0.352 e. The summed E-state index contributed by atoms with van der Waals surface area (Å²) < 4.78 is 5.09. The summed E-state index contributed by atoms with van der Waals surface area (Å²) in [6.07, 6.45) is 0. The first-order valence-electron chi connectivity index (χ1n) is 5.56. The van der Waals surface area contributed by atoms with Gasteiger partial charge in [-0.05, 0) is 24.6 Å². The van der Waals surface area contributed by atoms with Crippen LogP contribution in [0, 0.1) is 17.0 Å². The first kappa shape index (κ1) is 15.5. The number of benzene rings is 1. The topological polar surface area (TPSA) is 69.2 Å². The molecule has 1 aromatic carbocycles. The van der Waals surface area contributed by atoms with E-state index in [0.29, 0.717) is 5.02 Å². The van der Waals surface area contributed by atoms with Gasteiger partial charge >= 0.3 is 5.69 Å². The molecule has 0 amide bonds. The van der Waals surface area contributed by atoms with Crippen LogP contribution >= 0.6 is 43.5 Å². The van der Waals surface area contributed by atoms with Crippen LogP contribution in [0.25, 0.3) is 0 Å². The van der Waals surface area contributed by atoms with Crippen molar-refractivity contribution in [2.45, 2.75) is 16.6 Å². The number of rotatable bonds is 4. The lowest BCUT2D eigenvalue weighted by atomic mass is 10.1. The lowest BCUT2D eigenvalue weighted by Crippen LogP contribution is -2.01. The molecule has 0 N–H and O–H groups in total. The maximum atomic E-state index is 11.1. The number of alkyl halides is 2. The monoisotopic (exact) mass is 422 g/mol. The summed E-state index contributed by atoms with van der Waals surface area (Å²) >= 11 is 12.9. The SMILES string of the molecule is Cc1noc([C@@H](Br)[C@@H](Br)c2cccc(Cl)c2)c1[N+](=O)[O-]. The van der Waals surface area contributed by atoms with Crippen LogP contribution in [0.5, 0.6) is 0 Å². The maximum Gasteiger partial charge on any atom is 0.335 e. The molecule has 5 nitrogen and oxygen atoms in total. The molecule has 2 rings (SSSR count). The second-order valence-electron chi connectivity index (χ2n) is 4.10. The van der Waals surface area contributed by atoms with Gasteiger partial charge in [0, 0.05) is 5.02 Å². The van der Waals surface area contributed by atoms with E-state index in [1.54, 1.807) is 12.1 Å². The van der Waals surface area contributed by atoms with Gasteiger partial charge < -0.3 is 4.52 Å². The van der Waals surface area contributed by atoms with E-state index in [1.807, 2.05) is 12.1 Å². The van der Waals surface area contributed by atoms with E-state index in [9.17, 15) is 10.1 Å². The Labute approximate surface area is 136 Å². The van der Waals surface area contributed by atoms with Gasteiger partial charge in [-0.15, -0.1) is 0 Å². The zero-order chi connectivity index (χ0) is 14.9. The van der Waals surface area contributed by atoms with Gasteiger partial charge in [0.2, 0.25) is 5.76 Å². The number of nitro groups is 1. The van der Waals surface area contributed by atoms with Crippen LogP contribution in [-0.4, -0.2) is 10.1 Å². The molecule has 1 heterocycles. The molecule has 1 aromatic heterocycles. The normalized spacial score (nSPS) is 14.0. The van der Waals surface area contributed by atoms with Crippen LogP contribution in [0.2, 0.25) is 5.02 Å². The molecule has 0 aliphatic rings. The highest BCUT2D eigenvalue weighted by molar-refractivity contribution is 9.12. The first-order valence-corrected chi connectivity index (χ1v) is 7.77. The van der Waals surface area contributed by atoms with Gasteiger partial charge in [-0.25, -0.2) is 0 Å². The molecule has 0 aliphatic carbocycles. The van der Waals surface area contributed by atoms with Gasteiger partial charge in [-0.3, -0.25) is 10.1 Å². The zero-order valence-electron chi connectivity index (χ0n) is 10.2. The van der Waals surface area contributed by atoms with Crippen LogP contribution in [0.3, 0.4) is 0 Å². The summed E-state index contributed by atoms with van der Waals surface area (Å²) in [7, 11) is 0. The van der Waals surface area contributed by atoms with Gasteiger partial charge in [0.15, 0.2) is 5.69 Å². The van der Waals surface area contributed by atoms with Crippen molar-refractivity contribution in [3.05, 3.63) is 56.4 Å². The quantitative estimate of drug-likeness (QED) is 0.388. The van der Waals surface area contributed by atoms with Crippen molar-refractivity contribution in [3.8, 4) is 0 Å². The van der Waals surface area contributed by atoms with Gasteiger partial charge in [0.05, 0.1) is 14.6 Å². The van der Waals surface area contributed by atoms with Crippen LogP contribution in [-0.2, 0) is 0 Å². The lowest BCUT2D eigenvalue weighted by molar-refractivity contribution is -0.386. The van der Waals surface area contributed by atoms with E-state index < -0.39 is 9.75 Å². The highest BCUT2D eigenvalue weighted by Gasteiger charge is 2.33. The number of aromatic nitrogens is 1. The summed E-state index contributed by atoms with van der Waals surface area (Å²) in [6.45, 7) is 1.54. The number of hydrogen-bond acceptors (Lipinski definition) is 4. The summed E-state index contributed by atoms with van der Waals surface area (Å²) in [5.41, 5.74) is 1.02. The molecule has 0 fully saturated rings. The van der Waals surface area contributed by atoms with Gasteiger partial charge in [0.25, 0.3) is 0 Å². The fraction of sp³-hybridized carbons (Fsp3) is 0.250. The van der Waals surface area contributed by atoms with Crippen LogP contribution in [0.1, 0.15) is 26.7 Å². The van der Waals surface area contributed by atoms with Crippen molar-refractivity contribution in [1.82, 2.24) is 5.16 Å². The van der Waals surface area contributed by atoms with Gasteiger partial charge in [-0.2, -0.15) is 0 Å². The summed E-state index contributed by atoms with van der Waals surface area (Å²) in [4.78, 5) is 9.89. The predicted molar refractivity (Wildman–Crippen MR) is 82.7 cm³/mol. The minimum absolute atomic E-state index is 0.113. The lowest BCUT2D eigenvalue weighted by Gasteiger charge is -2.14. The molecule has 0 spiro atoms. The average molecular weight is 424 g/mol. The average Bonchev–Trinajstić information content (AvgIpc) is 2.79. The molecular weight excluding hydrogens is 415 g/mol. The number of halogens is 3. The molecular formula is C12H9Br2ClN2O3. The molecule has 0 saturated heterocycles. The van der Waals surface area contributed by atoms with E-state index in [4.69, 9.17) is 16.1 Å². The van der Waals surface area contributed by atoms with Crippen LogP contribution in [0.15, 0.2) is 28.8 Å². The van der Waals surface area contributed by atoms with Crippen molar-refractivity contribution in [3.63, 3.8) is 0 Å². The first-order chi connectivity index (χ1) is 9.41. The van der Waals surface area contributed by atoms with Crippen LogP contribution < -0.4 is 0 Å². The van der Waals surface area contributed by atoms with E-state index >= 15 is 0 Å². The molecule has 0 bridgehead atoms. The van der Waals surface area contributed by atoms with Gasteiger partial charge in [0.1, 0.15) is 0 Å². The Morgan fingerprint density at radius 1 is 1.40 bits per heavy atom. The fourth-order valence-electron chi connectivity index (χ4n) is 1.77. The standard InChI is InChI=1S/C12H9Br2ClN2O3/c1-6-11(17(18)19)12(20-16-6)10(14)9(13)7-3-2-4-8(15)5-7/h2-5,9-10H,1H3/t9-,10-/m0/s1. The second-order valence-corrected chi connectivity index (χ2v) is 6.51. The number of nitrogens with zero attached hydrogens (tertiary/aromatic N) is 2. The van der Waals surface area contributed by atoms with E-state index in [0.717, 1.165) is 5.56 Å². The molecule has 8 heteroatoms. The Hall–Kier alpha value is -0.920. The number of hydrogen-bond donors (Lipinski definition) is 0. The Kier molecular flexibility index (Phi) is 4.82. The maximum absolute atomic E-state index is 11.1. The van der Waals surface area contributed by atoms with Crippen molar-refractivity contribution >= 4 is 49.1 Å². The minimum atomic E-state index is -0.493. The summed E-state index contributed by atoms with van der Waals surface area (Å²) in [5, 5.41) is 15.3. The van der Waals surface area contributed by atoms with E-state index in [1.165, 1.54) is 6.92 Å². The predicted octanol–water partition coefficient (Wildman–Crippen LogP) is 5.12. The molecule has 0 radical (unpaired) electrons. The third kappa shape index (κ3) is 3.05. The Morgan fingerprint density at radius 2 is 2.10 bits per heavy atom. The van der Waals surface area contributed by atoms with Crippen LogP contribution in [0.4, 0.5) is 5.69 Å². The van der Waals surface area contributed by atoms with Crippen molar-refractivity contribution in [1.29, 1.82) is 0 Å². The second kappa shape index (κ2) is 6.24. The van der Waals surface area contributed by atoms with Crippen molar-refractivity contribution in [2.75, 3.05) is 0 Å². The minimum Gasteiger partial charge on any atom is -0.352 e. The molecule has 2 aromatic rings. The molecule has 106 valence electrons. The van der Waals surface area contributed by atoms with Crippen molar-refractivity contribution in [2.24, 2.45) is 0 Å². The van der Waals surface area contributed by atoms with E-state index in [2.05, 4.69) is 37.0 Å². The van der Waals surface area contributed by atoms with E-state index in [-0.39, 0.29) is 22.0 Å². The molecule has 0 saturated carbocycles. The highest BCUT2D eigenvalue weighted by atomic mass is 79.9. The zero-order valence-corrected chi connectivity index (χ0v) is 14.1. The Balaban J connectivity index is 2.36. The molecule has 0 aliphatic heterocycles. The fourth-order valence-corrected chi connectivity index (χ4v) is 3.09. The Morgan fingerprint density at radius 3 is 2.70 bits per heavy atom. The number of aryl methyl sites for hydroxylation is 1. The third-order valence-corrected chi connectivity index (χ3v) is 5.66. The summed E-state index contributed by atoms with van der Waals surface area (Å²) in [6, 6.07) is 7.22. The Bertz CT molecular complexity index is 647.